The summed E-state index contributed by atoms with van der Waals surface area (Å²) in [5.41, 5.74) is -0.306. The highest BCUT2D eigenvalue weighted by Crippen LogP contribution is 2.28. The molecule has 1 amide bonds. The van der Waals surface area contributed by atoms with Gasteiger partial charge in [0.15, 0.2) is 0 Å². The minimum Gasteiger partial charge on any atom is -0.444 e. The molecule has 0 aliphatic carbocycles. The van der Waals surface area contributed by atoms with Crippen molar-refractivity contribution in [3.8, 4) is 5.75 Å². The van der Waals surface area contributed by atoms with Gasteiger partial charge in [-0.2, -0.15) is 0 Å². The van der Waals surface area contributed by atoms with E-state index in [-0.39, 0.29) is 29.2 Å². The lowest BCUT2D eigenvalue weighted by atomic mass is 9.99. The zero-order valence-corrected chi connectivity index (χ0v) is 18.2. The van der Waals surface area contributed by atoms with Gasteiger partial charge in [-0.25, -0.2) is 9.78 Å². The van der Waals surface area contributed by atoms with Crippen LogP contribution in [0.1, 0.15) is 38.0 Å². The summed E-state index contributed by atoms with van der Waals surface area (Å²) in [6.07, 6.45) is -5.59. The van der Waals surface area contributed by atoms with E-state index in [1.54, 1.807) is 20.8 Å². The molecule has 1 aromatic heterocycles. The number of benzene rings is 1. The zero-order chi connectivity index (χ0) is 24.8. The van der Waals surface area contributed by atoms with Crippen LogP contribution >= 0.6 is 0 Å². The van der Waals surface area contributed by atoms with Crippen LogP contribution in [0.25, 0.3) is 0 Å². The van der Waals surface area contributed by atoms with Gasteiger partial charge in [-0.05, 0) is 56.7 Å². The summed E-state index contributed by atoms with van der Waals surface area (Å²) < 4.78 is 46.0. The third-order valence-electron chi connectivity index (χ3n) is 3.98. The van der Waals surface area contributed by atoms with E-state index in [9.17, 15) is 28.2 Å². The van der Waals surface area contributed by atoms with Crippen molar-refractivity contribution < 1.29 is 37.7 Å². The van der Waals surface area contributed by atoms with Gasteiger partial charge >= 0.3 is 12.5 Å². The summed E-state index contributed by atoms with van der Waals surface area (Å²) in [7, 11) is 0. The van der Waals surface area contributed by atoms with Gasteiger partial charge in [-0.15, -0.1) is 13.2 Å². The van der Waals surface area contributed by atoms with E-state index in [1.165, 1.54) is 24.4 Å². The van der Waals surface area contributed by atoms with Gasteiger partial charge in [0.05, 0.1) is 18.9 Å². The van der Waals surface area contributed by atoms with E-state index in [4.69, 9.17) is 10.1 Å². The molecule has 1 atom stereocenters. The molecular formula is C21H25F3N4O5. The first-order chi connectivity index (χ1) is 15.3. The van der Waals surface area contributed by atoms with Crippen molar-refractivity contribution in [3.63, 3.8) is 0 Å². The minimum atomic E-state index is -4.82. The summed E-state index contributed by atoms with van der Waals surface area (Å²) in [4.78, 5) is 16.1. The van der Waals surface area contributed by atoms with E-state index in [1.807, 2.05) is 0 Å². The third kappa shape index (κ3) is 8.24. The second-order valence-electron chi connectivity index (χ2n) is 7.85. The molecule has 180 valence electrons. The molecule has 0 radical (unpaired) electrons. The fourth-order valence-corrected chi connectivity index (χ4v) is 2.70. The number of aliphatic hydroxyl groups excluding tert-OH is 2. The number of aromatic nitrogens is 1. The second kappa shape index (κ2) is 10.5. The molecular weight excluding hydrogens is 445 g/mol. The maximum absolute atomic E-state index is 12.4. The first-order valence-corrected chi connectivity index (χ1v) is 9.74. The third-order valence-corrected chi connectivity index (χ3v) is 3.98. The van der Waals surface area contributed by atoms with Crippen molar-refractivity contribution in [2.75, 3.05) is 18.5 Å². The Balaban J connectivity index is 2.28. The Bertz CT molecular complexity index is 975. The molecule has 12 heteroatoms. The Hall–Kier alpha value is -3.38. The second-order valence-corrected chi connectivity index (χ2v) is 7.85. The summed E-state index contributed by atoms with van der Waals surface area (Å²) in [5, 5.41) is 33.3. The molecule has 2 rings (SSSR count). The van der Waals surface area contributed by atoms with Crippen molar-refractivity contribution in [1.82, 2.24) is 10.3 Å². The topological polar surface area (TPSA) is 137 Å². The van der Waals surface area contributed by atoms with Crippen molar-refractivity contribution in [3.05, 3.63) is 47.7 Å². The standard InChI is InChI=1S/C21H25F3N4O5/c1-20(2,3)33-19(31)27-10-15(25)17-14(16(30)11-29)8-9-26-18(17)28-12-4-6-13(7-5-12)32-21(22,23)24/h4-9,16,25,29-30H,10-11H2,1-3H3,(H,26,28)(H,27,31). The maximum atomic E-state index is 12.4. The molecule has 5 N–H and O–H groups in total. The lowest BCUT2D eigenvalue weighted by Gasteiger charge is -2.21. The van der Waals surface area contributed by atoms with Crippen LogP contribution in [0.15, 0.2) is 36.5 Å². The van der Waals surface area contributed by atoms with Gasteiger partial charge in [0.2, 0.25) is 0 Å². The number of nitrogens with one attached hydrogen (secondary N) is 3. The van der Waals surface area contributed by atoms with E-state index in [0.29, 0.717) is 5.69 Å². The van der Waals surface area contributed by atoms with Gasteiger partial charge in [0.1, 0.15) is 23.3 Å². The van der Waals surface area contributed by atoms with Gasteiger partial charge in [0.25, 0.3) is 0 Å². The number of alkyl carbamates (subject to hydrolysis) is 1. The number of halogens is 3. The Kier molecular flexibility index (Phi) is 8.23. The minimum absolute atomic E-state index is 0.0838. The Morgan fingerprint density at radius 1 is 1.18 bits per heavy atom. The SMILES string of the molecule is CC(C)(C)OC(=O)NCC(=N)c1c(C(O)CO)ccnc1Nc1ccc(OC(F)(F)F)cc1. The van der Waals surface area contributed by atoms with Gasteiger partial charge in [-0.3, -0.25) is 0 Å². The molecule has 0 saturated carbocycles. The highest BCUT2D eigenvalue weighted by atomic mass is 19.4. The highest BCUT2D eigenvalue weighted by Gasteiger charge is 2.31. The molecule has 0 spiro atoms. The van der Waals surface area contributed by atoms with Crippen molar-refractivity contribution in [2.45, 2.75) is 38.8 Å². The first kappa shape index (κ1) is 25.9. The van der Waals surface area contributed by atoms with Crippen molar-refractivity contribution in [2.24, 2.45) is 0 Å². The summed E-state index contributed by atoms with van der Waals surface area (Å²) in [5.74, 6) is -0.333. The Labute approximate surface area is 188 Å². The molecule has 1 heterocycles. The predicted molar refractivity (Wildman–Crippen MR) is 114 cm³/mol. The largest absolute Gasteiger partial charge is 0.573 e. The fourth-order valence-electron chi connectivity index (χ4n) is 2.70. The Morgan fingerprint density at radius 3 is 2.36 bits per heavy atom. The summed E-state index contributed by atoms with van der Waals surface area (Å²) >= 11 is 0. The van der Waals surface area contributed by atoms with E-state index in [2.05, 4.69) is 20.4 Å². The monoisotopic (exact) mass is 470 g/mol. The molecule has 1 unspecified atom stereocenters. The van der Waals surface area contributed by atoms with Crippen LogP contribution in [0.3, 0.4) is 0 Å². The average molecular weight is 470 g/mol. The first-order valence-electron chi connectivity index (χ1n) is 9.74. The van der Waals surface area contributed by atoms with Crippen molar-refractivity contribution >= 4 is 23.3 Å². The average Bonchev–Trinajstić information content (AvgIpc) is 2.70. The van der Waals surface area contributed by atoms with Crippen LogP contribution in [0.5, 0.6) is 5.75 Å². The fraction of sp³-hybridized carbons (Fsp3) is 0.381. The lowest BCUT2D eigenvalue weighted by molar-refractivity contribution is -0.274. The highest BCUT2D eigenvalue weighted by molar-refractivity contribution is 6.06. The molecule has 0 aliphatic heterocycles. The number of nitrogens with zero attached hydrogens (tertiary/aromatic N) is 1. The quantitative estimate of drug-likeness (QED) is 0.372. The number of aliphatic hydroxyl groups is 2. The number of ether oxygens (including phenoxy) is 2. The molecule has 1 aromatic carbocycles. The molecule has 9 nitrogen and oxygen atoms in total. The molecule has 0 saturated heterocycles. The van der Waals surface area contributed by atoms with Crippen molar-refractivity contribution in [1.29, 1.82) is 5.41 Å². The van der Waals surface area contributed by atoms with E-state index < -0.39 is 36.5 Å². The number of rotatable bonds is 8. The number of hydrogen-bond donors (Lipinski definition) is 5. The summed E-state index contributed by atoms with van der Waals surface area (Å²) in [6, 6.07) is 6.22. The smallest absolute Gasteiger partial charge is 0.444 e. The number of anilines is 2. The summed E-state index contributed by atoms with van der Waals surface area (Å²) in [6.45, 7) is 4.14. The number of carbonyl (C=O) groups excluding carboxylic acids is 1. The number of hydrogen-bond acceptors (Lipinski definition) is 8. The number of pyridine rings is 1. The number of amides is 1. The molecule has 2 aromatic rings. The van der Waals surface area contributed by atoms with Crippen LogP contribution in [0, 0.1) is 5.41 Å². The van der Waals surface area contributed by atoms with E-state index >= 15 is 0 Å². The number of alkyl halides is 3. The number of carbonyl (C=O) groups is 1. The molecule has 0 aliphatic rings. The maximum Gasteiger partial charge on any atom is 0.573 e. The van der Waals surface area contributed by atoms with Crippen LogP contribution in [-0.4, -0.2) is 52.1 Å². The van der Waals surface area contributed by atoms with Crippen LogP contribution in [-0.2, 0) is 4.74 Å². The lowest BCUT2D eigenvalue weighted by Crippen LogP contribution is -2.36. The normalized spacial score (nSPS) is 12.6. The van der Waals surface area contributed by atoms with Gasteiger partial charge < -0.3 is 35.7 Å². The van der Waals surface area contributed by atoms with Gasteiger partial charge in [0, 0.05) is 17.4 Å². The molecule has 0 bridgehead atoms. The van der Waals surface area contributed by atoms with Crippen LogP contribution in [0.4, 0.5) is 29.5 Å². The van der Waals surface area contributed by atoms with Crippen LogP contribution in [0.2, 0.25) is 0 Å². The van der Waals surface area contributed by atoms with Crippen LogP contribution < -0.4 is 15.4 Å². The molecule has 0 fully saturated rings. The predicted octanol–water partition coefficient (Wildman–Crippen LogP) is 3.64. The van der Waals surface area contributed by atoms with Gasteiger partial charge in [-0.1, -0.05) is 0 Å². The molecule has 33 heavy (non-hydrogen) atoms. The van der Waals surface area contributed by atoms with E-state index in [0.717, 1.165) is 12.1 Å². The zero-order valence-electron chi connectivity index (χ0n) is 18.2. The Morgan fingerprint density at radius 2 is 1.82 bits per heavy atom.